The number of rotatable bonds is 0. The number of hydrogen-bond acceptors (Lipinski definition) is 3. The SMILES string of the molecule is C[C@]12CC[C@H]3[C@@H](CCC4C(=O)C(=O)CC[C@@H]43)C13CC3CC2O. The van der Waals surface area contributed by atoms with Crippen LogP contribution in [0.3, 0.4) is 0 Å². The zero-order valence-corrected chi connectivity index (χ0v) is 13.4. The van der Waals surface area contributed by atoms with Gasteiger partial charge in [-0.2, -0.15) is 0 Å². The number of ketones is 2. The first-order valence-electron chi connectivity index (χ1n) is 9.24. The Labute approximate surface area is 131 Å². The molecule has 1 N–H and O–H groups in total. The van der Waals surface area contributed by atoms with Crippen LogP contribution in [0.5, 0.6) is 0 Å². The molecule has 0 bridgehead atoms. The molecule has 0 saturated heterocycles. The van der Waals surface area contributed by atoms with Crippen molar-refractivity contribution in [2.24, 2.45) is 40.4 Å². The smallest absolute Gasteiger partial charge is 0.201 e. The van der Waals surface area contributed by atoms with Crippen molar-refractivity contribution in [2.75, 3.05) is 0 Å². The molecule has 5 saturated carbocycles. The third kappa shape index (κ3) is 1.35. The highest BCUT2D eigenvalue weighted by molar-refractivity contribution is 6.38. The normalized spacial score (nSPS) is 59.4. The van der Waals surface area contributed by atoms with Crippen molar-refractivity contribution in [1.82, 2.24) is 0 Å². The standard InChI is InChI=1S/C19H26O3/c1-18-7-6-12-11-3-5-15(20)17(22)13(11)2-4-14(12)19(18)9-10(19)8-16(18)21/h10-14,16,21H,2-9H2,1H3/t10?,11-,12-,13?,14-,16?,18-,19?/m1/s1. The highest BCUT2D eigenvalue weighted by atomic mass is 16.3. The fraction of sp³-hybridized carbons (Fsp3) is 0.895. The molecule has 0 amide bonds. The Kier molecular flexibility index (Phi) is 2.51. The van der Waals surface area contributed by atoms with E-state index in [1.54, 1.807) is 0 Å². The lowest BCUT2D eigenvalue weighted by Crippen LogP contribution is -2.53. The van der Waals surface area contributed by atoms with Crippen LogP contribution < -0.4 is 0 Å². The van der Waals surface area contributed by atoms with E-state index in [0.29, 0.717) is 29.6 Å². The summed E-state index contributed by atoms with van der Waals surface area (Å²) >= 11 is 0. The van der Waals surface area contributed by atoms with E-state index in [2.05, 4.69) is 6.92 Å². The van der Waals surface area contributed by atoms with Crippen molar-refractivity contribution in [3.8, 4) is 0 Å². The van der Waals surface area contributed by atoms with Gasteiger partial charge in [0.1, 0.15) is 0 Å². The lowest BCUT2D eigenvalue weighted by molar-refractivity contribution is -0.151. The van der Waals surface area contributed by atoms with E-state index in [-0.39, 0.29) is 29.0 Å². The van der Waals surface area contributed by atoms with Crippen molar-refractivity contribution in [2.45, 2.75) is 64.4 Å². The number of hydrogen-bond donors (Lipinski definition) is 1. The predicted molar refractivity (Wildman–Crippen MR) is 80.9 cm³/mol. The van der Waals surface area contributed by atoms with Crippen molar-refractivity contribution < 1.29 is 14.7 Å². The molecule has 5 rings (SSSR count). The molecule has 22 heavy (non-hydrogen) atoms. The second-order valence-corrected chi connectivity index (χ2v) is 9.09. The van der Waals surface area contributed by atoms with Gasteiger partial charge < -0.3 is 5.11 Å². The maximum Gasteiger partial charge on any atom is 0.201 e. The fourth-order valence-electron chi connectivity index (χ4n) is 7.73. The number of Topliss-reactive ketones (excluding diaryl/α,β-unsaturated/α-hetero) is 2. The number of aliphatic hydroxyl groups is 1. The summed E-state index contributed by atoms with van der Waals surface area (Å²) in [5, 5.41) is 10.6. The summed E-state index contributed by atoms with van der Waals surface area (Å²) in [6.07, 6.45) is 7.96. The van der Waals surface area contributed by atoms with Gasteiger partial charge in [0.15, 0.2) is 5.78 Å². The summed E-state index contributed by atoms with van der Waals surface area (Å²) in [4.78, 5) is 24.1. The Morgan fingerprint density at radius 1 is 1.09 bits per heavy atom. The maximum atomic E-state index is 12.3. The highest BCUT2D eigenvalue weighted by Gasteiger charge is 2.77. The van der Waals surface area contributed by atoms with Gasteiger partial charge >= 0.3 is 0 Å². The minimum absolute atomic E-state index is 0.0341. The van der Waals surface area contributed by atoms with Crippen LogP contribution in [0.25, 0.3) is 0 Å². The number of carbonyl (C=O) groups is 2. The maximum absolute atomic E-state index is 12.3. The predicted octanol–water partition coefficient (Wildman–Crippen LogP) is 2.75. The first-order chi connectivity index (χ1) is 10.5. The molecule has 8 atom stereocenters. The molecule has 0 aromatic rings. The van der Waals surface area contributed by atoms with Gasteiger partial charge in [-0.25, -0.2) is 0 Å². The highest BCUT2D eigenvalue weighted by Crippen LogP contribution is 2.81. The van der Waals surface area contributed by atoms with Gasteiger partial charge in [-0.15, -0.1) is 0 Å². The third-order valence-corrected chi connectivity index (χ3v) is 8.81. The molecule has 4 unspecified atom stereocenters. The average Bonchev–Trinajstić information content (AvgIpc) is 3.16. The van der Waals surface area contributed by atoms with E-state index in [1.165, 1.54) is 6.42 Å². The minimum atomic E-state index is -0.112. The Morgan fingerprint density at radius 3 is 2.73 bits per heavy atom. The second-order valence-electron chi connectivity index (χ2n) is 9.09. The van der Waals surface area contributed by atoms with E-state index >= 15 is 0 Å². The lowest BCUT2D eigenvalue weighted by atomic mass is 9.48. The summed E-state index contributed by atoms with van der Waals surface area (Å²) in [5.41, 5.74) is 0.505. The van der Waals surface area contributed by atoms with Gasteiger partial charge in [-0.05, 0) is 79.4 Å². The van der Waals surface area contributed by atoms with Crippen molar-refractivity contribution in [3.63, 3.8) is 0 Å². The molecule has 5 aliphatic rings. The molecule has 3 nitrogen and oxygen atoms in total. The van der Waals surface area contributed by atoms with E-state index in [0.717, 1.165) is 44.4 Å². The number of aliphatic hydroxyl groups excluding tert-OH is 1. The quantitative estimate of drug-likeness (QED) is 0.700. The van der Waals surface area contributed by atoms with E-state index < -0.39 is 0 Å². The fourth-order valence-corrected chi connectivity index (χ4v) is 7.73. The van der Waals surface area contributed by atoms with Gasteiger partial charge in [-0.1, -0.05) is 6.92 Å². The van der Waals surface area contributed by atoms with E-state index in [9.17, 15) is 14.7 Å². The van der Waals surface area contributed by atoms with Crippen molar-refractivity contribution in [1.29, 1.82) is 0 Å². The van der Waals surface area contributed by atoms with E-state index in [1.807, 2.05) is 0 Å². The lowest BCUT2D eigenvalue weighted by Gasteiger charge is -2.56. The van der Waals surface area contributed by atoms with Crippen molar-refractivity contribution >= 4 is 11.6 Å². The first-order valence-corrected chi connectivity index (χ1v) is 9.24. The topological polar surface area (TPSA) is 54.4 Å². The molecule has 0 aromatic heterocycles. The molecule has 3 heteroatoms. The van der Waals surface area contributed by atoms with E-state index in [4.69, 9.17) is 0 Å². The Morgan fingerprint density at radius 2 is 1.91 bits per heavy atom. The first kappa shape index (κ1) is 13.7. The van der Waals surface area contributed by atoms with Gasteiger partial charge in [0.2, 0.25) is 5.78 Å². The summed E-state index contributed by atoms with van der Waals surface area (Å²) in [7, 11) is 0. The second kappa shape index (κ2) is 4.03. The van der Waals surface area contributed by atoms with Crippen LogP contribution in [-0.2, 0) is 9.59 Å². The zero-order valence-electron chi connectivity index (χ0n) is 13.4. The van der Waals surface area contributed by atoms with Crippen LogP contribution in [-0.4, -0.2) is 22.8 Å². The van der Waals surface area contributed by atoms with Gasteiger partial charge in [0, 0.05) is 12.3 Å². The molecular weight excluding hydrogens is 276 g/mol. The summed E-state index contributed by atoms with van der Waals surface area (Å²) in [6, 6.07) is 0. The summed E-state index contributed by atoms with van der Waals surface area (Å²) in [5.74, 6) is 2.40. The molecule has 0 aliphatic heterocycles. The van der Waals surface area contributed by atoms with Crippen LogP contribution in [0.4, 0.5) is 0 Å². The zero-order chi connectivity index (χ0) is 15.3. The molecule has 0 radical (unpaired) electrons. The Hall–Kier alpha value is -0.700. The molecule has 5 fully saturated rings. The molecule has 120 valence electrons. The van der Waals surface area contributed by atoms with Crippen LogP contribution in [0, 0.1) is 40.4 Å². The van der Waals surface area contributed by atoms with Crippen LogP contribution >= 0.6 is 0 Å². The summed E-state index contributed by atoms with van der Waals surface area (Å²) in [6.45, 7) is 2.34. The molecule has 5 aliphatic carbocycles. The molecule has 0 aromatic carbocycles. The van der Waals surface area contributed by atoms with Crippen LogP contribution in [0.2, 0.25) is 0 Å². The number of fused-ring (bicyclic) bond motifs is 3. The molecular formula is C19H26O3. The molecule has 0 heterocycles. The monoisotopic (exact) mass is 302 g/mol. The van der Waals surface area contributed by atoms with Gasteiger partial charge in [-0.3, -0.25) is 9.59 Å². The molecule has 1 spiro atoms. The van der Waals surface area contributed by atoms with Crippen LogP contribution in [0.1, 0.15) is 58.3 Å². The average molecular weight is 302 g/mol. The van der Waals surface area contributed by atoms with Crippen LogP contribution in [0.15, 0.2) is 0 Å². The summed E-state index contributed by atoms with van der Waals surface area (Å²) < 4.78 is 0. The largest absolute Gasteiger partial charge is 0.393 e. The van der Waals surface area contributed by atoms with Gasteiger partial charge in [0.25, 0.3) is 0 Å². The van der Waals surface area contributed by atoms with Gasteiger partial charge in [0.05, 0.1) is 6.10 Å². The Bertz CT molecular complexity index is 569. The Balaban J connectivity index is 1.50. The number of carbonyl (C=O) groups excluding carboxylic acids is 2. The minimum Gasteiger partial charge on any atom is -0.393 e. The third-order valence-electron chi connectivity index (χ3n) is 8.81. The van der Waals surface area contributed by atoms with Crippen molar-refractivity contribution in [3.05, 3.63) is 0 Å².